The third-order valence-corrected chi connectivity index (χ3v) is 1.82. The summed E-state index contributed by atoms with van der Waals surface area (Å²) in [6, 6.07) is 1.78. The molecule has 0 saturated carbocycles. The van der Waals surface area contributed by atoms with Gasteiger partial charge in [0.2, 0.25) is 0 Å². The number of ether oxygens (including phenoxy) is 1. The molecule has 0 atom stereocenters. The Morgan fingerprint density at radius 1 is 1.50 bits per heavy atom. The van der Waals surface area contributed by atoms with E-state index >= 15 is 0 Å². The molecule has 1 aromatic heterocycles. The van der Waals surface area contributed by atoms with Crippen LogP contribution >= 0.6 is 0 Å². The van der Waals surface area contributed by atoms with E-state index in [1.54, 1.807) is 18.5 Å². The molecule has 0 aliphatic rings. The van der Waals surface area contributed by atoms with Crippen LogP contribution in [0.2, 0.25) is 0 Å². The van der Waals surface area contributed by atoms with Crippen LogP contribution in [0.25, 0.3) is 0 Å². The molecule has 1 rings (SSSR count). The molecule has 0 fully saturated rings. The lowest BCUT2D eigenvalue weighted by atomic mass is 10.4. The summed E-state index contributed by atoms with van der Waals surface area (Å²) in [5.41, 5.74) is 6.26. The van der Waals surface area contributed by atoms with Crippen molar-refractivity contribution in [2.45, 2.75) is 6.42 Å². The minimum absolute atomic E-state index is 0.595. The number of pyridine rings is 1. The topological polar surface area (TPSA) is 51.4 Å². The molecule has 0 radical (unpaired) electrons. The largest absolute Gasteiger partial charge is 0.491 e. The molecule has 4 nitrogen and oxygen atoms in total. The van der Waals surface area contributed by atoms with Crippen molar-refractivity contribution in [2.75, 3.05) is 33.0 Å². The van der Waals surface area contributed by atoms with Crippen LogP contribution in [0, 0.1) is 0 Å². The lowest BCUT2D eigenvalue weighted by molar-refractivity contribution is 0.282. The second-order valence-corrected chi connectivity index (χ2v) is 3.42. The van der Waals surface area contributed by atoms with Crippen LogP contribution in [0.4, 0.5) is 5.69 Å². The molecule has 2 N–H and O–H groups in total. The Morgan fingerprint density at radius 2 is 2.29 bits per heavy atom. The summed E-state index contributed by atoms with van der Waals surface area (Å²) in [6.45, 7) is 1.71. The standard InChI is InChI=1S/C10H17N3O/c1-13(2)6-3-7-14-10-4-5-12-8-9(10)11/h4-5,8H,3,6-7,11H2,1-2H3. The summed E-state index contributed by atoms with van der Waals surface area (Å²) >= 11 is 0. The molecule has 14 heavy (non-hydrogen) atoms. The van der Waals surface area contributed by atoms with Crippen LogP contribution in [-0.4, -0.2) is 37.1 Å². The molecule has 1 aromatic rings. The molecule has 0 saturated heterocycles. The van der Waals surface area contributed by atoms with E-state index < -0.39 is 0 Å². The number of aromatic nitrogens is 1. The highest BCUT2D eigenvalue weighted by Gasteiger charge is 1.98. The first-order valence-electron chi connectivity index (χ1n) is 4.67. The second-order valence-electron chi connectivity index (χ2n) is 3.42. The van der Waals surface area contributed by atoms with Crippen molar-refractivity contribution in [1.29, 1.82) is 0 Å². The Hall–Kier alpha value is -1.29. The van der Waals surface area contributed by atoms with Gasteiger partial charge in [-0.05, 0) is 20.5 Å². The van der Waals surface area contributed by atoms with Crippen molar-refractivity contribution < 1.29 is 4.74 Å². The van der Waals surface area contributed by atoms with E-state index in [1.165, 1.54) is 0 Å². The third kappa shape index (κ3) is 3.62. The number of hydrogen-bond acceptors (Lipinski definition) is 4. The number of nitrogen functional groups attached to an aromatic ring is 1. The van der Waals surface area contributed by atoms with E-state index in [2.05, 4.69) is 9.88 Å². The van der Waals surface area contributed by atoms with Crippen LogP contribution in [-0.2, 0) is 0 Å². The number of hydrogen-bond donors (Lipinski definition) is 1. The lowest BCUT2D eigenvalue weighted by Gasteiger charge is -2.11. The van der Waals surface area contributed by atoms with Gasteiger partial charge in [0.15, 0.2) is 0 Å². The van der Waals surface area contributed by atoms with Gasteiger partial charge in [0.25, 0.3) is 0 Å². The smallest absolute Gasteiger partial charge is 0.145 e. The molecule has 0 amide bonds. The molecule has 1 heterocycles. The summed E-state index contributed by atoms with van der Waals surface area (Å²) in [7, 11) is 4.08. The van der Waals surface area contributed by atoms with Gasteiger partial charge in [0.05, 0.1) is 18.5 Å². The molecule has 0 aliphatic carbocycles. The van der Waals surface area contributed by atoms with E-state index in [0.29, 0.717) is 12.3 Å². The quantitative estimate of drug-likeness (QED) is 0.712. The zero-order valence-electron chi connectivity index (χ0n) is 8.73. The first-order valence-corrected chi connectivity index (χ1v) is 4.67. The van der Waals surface area contributed by atoms with Crippen LogP contribution in [0.5, 0.6) is 5.75 Å². The SMILES string of the molecule is CN(C)CCCOc1ccncc1N. The summed E-state index contributed by atoms with van der Waals surface area (Å²) in [6.07, 6.45) is 4.27. The zero-order chi connectivity index (χ0) is 10.4. The van der Waals surface area contributed by atoms with Crippen molar-refractivity contribution in [3.05, 3.63) is 18.5 Å². The van der Waals surface area contributed by atoms with Gasteiger partial charge in [-0.3, -0.25) is 4.98 Å². The molecular formula is C10H17N3O. The van der Waals surface area contributed by atoms with Gasteiger partial charge < -0.3 is 15.4 Å². The number of nitrogens with zero attached hydrogens (tertiary/aromatic N) is 2. The molecule has 0 unspecified atom stereocenters. The molecule has 0 aliphatic heterocycles. The predicted octanol–water partition coefficient (Wildman–Crippen LogP) is 0.994. The predicted molar refractivity (Wildman–Crippen MR) is 57.3 cm³/mol. The maximum absolute atomic E-state index is 5.66. The van der Waals surface area contributed by atoms with Crippen molar-refractivity contribution in [1.82, 2.24) is 9.88 Å². The number of nitrogens with two attached hydrogens (primary N) is 1. The molecular weight excluding hydrogens is 178 g/mol. The minimum Gasteiger partial charge on any atom is -0.491 e. The van der Waals surface area contributed by atoms with Gasteiger partial charge in [-0.25, -0.2) is 0 Å². The maximum Gasteiger partial charge on any atom is 0.145 e. The van der Waals surface area contributed by atoms with E-state index in [-0.39, 0.29) is 0 Å². The van der Waals surface area contributed by atoms with E-state index in [0.717, 1.165) is 18.7 Å². The zero-order valence-corrected chi connectivity index (χ0v) is 8.73. The van der Waals surface area contributed by atoms with Gasteiger partial charge in [0, 0.05) is 18.8 Å². The van der Waals surface area contributed by atoms with Gasteiger partial charge >= 0.3 is 0 Å². The van der Waals surface area contributed by atoms with Crippen LogP contribution in [0.1, 0.15) is 6.42 Å². The van der Waals surface area contributed by atoms with Crippen molar-refractivity contribution in [2.24, 2.45) is 0 Å². The van der Waals surface area contributed by atoms with Crippen molar-refractivity contribution in [3.63, 3.8) is 0 Å². The van der Waals surface area contributed by atoms with Gasteiger partial charge in [-0.2, -0.15) is 0 Å². The highest BCUT2D eigenvalue weighted by Crippen LogP contribution is 2.18. The summed E-state index contributed by atoms with van der Waals surface area (Å²) < 4.78 is 5.50. The summed E-state index contributed by atoms with van der Waals surface area (Å²) in [5, 5.41) is 0. The average molecular weight is 195 g/mol. The first-order chi connectivity index (χ1) is 6.70. The van der Waals surface area contributed by atoms with E-state index in [1.807, 2.05) is 14.1 Å². The first kappa shape index (κ1) is 10.8. The monoisotopic (exact) mass is 195 g/mol. The Morgan fingerprint density at radius 3 is 2.93 bits per heavy atom. The van der Waals surface area contributed by atoms with Crippen LogP contribution < -0.4 is 10.5 Å². The van der Waals surface area contributed by atoms with Crippen molar-refractivity contribution >= 4 is 5.69 Å². The number of anilines is 1. The summed E-state index contributed by atoms with van der Waals surface area (Å²) in [5.74, 6) is 0.721. The normalized spacial score (nSPS) is 10.5. The molecule has 4 heteroatoms. The number of rotatable bonds is 5. The lowest BCUT2D eigenvalue weighted by Crippen LogP contribution is -2.15. The van der Waals surface area contributed by atoms with Gasteiger partial charge in [0.1, 0.15) is 5.75 Å². The van der Waals surface area contributed by atoms with E-state index in [4.69, 9.17) is 10.5 Å². The highest BCUT2D eigenvalue weighted by molar-refractivity contribution is 5.49. The fourth-order valence-corrected chi connectivity index (χ4v) is 1.09. The fourth-order valence-electron chi connectivity index (χ4n) is 1.09. The molecule has 78 valence electrons. The Labute approximate surface area is 84.7 Å². The van der Waals surface area contributed by atoms with Crippen LogP contribution in [0.3, 0.4) is 0 Å². The Balaban J connectivity index is 2.28. The maximum atomic E-state index is 5.66. The minimum atomic E-state index is 0.595. The van der Waals surface area contributed by atoms with Crippen molar-refractivity contribution in [3.8, 4) is 5.75 Å². The Kier molecular flexibility index (Phi) is 4.19. The van der Waals surface area contributed by atoms with Crippen LogP contribution in [0.15, 0.2) is 18.5 Å². The second kappa shape index (κ2) is 5.44. The molecule has 0 bridgehead atoms. The third-order valence-electron chi connectivity index (χ3n) is 1.82. The van der Waals surface area contributed by atoms with E-state index in [9.17, 15) is 0 Å². The van der Waals surface area contributed by atoms with Gasteiger partial charge in [-0.1, -0.05) is 0 Å². The fraction of sp³-hybridized carbons (Fsp3) is 0.500. The average Bonchev–Trinajstić information content (AvgIpc) is 2.15. The highest BCUT2D eigenvalue weighted by atomic mass is 16.5. The molecule has 0 spiro atoms. The summed E-state index contributed by atoms with van der Waals surface area (Å²) in [4.78, 5) is 6.01. The Bertz CT molecular complexity index is 276. The molecule has 0 aromatic carbocycles. The van der Waals surface area contributed by atoms with Gasteiger partial charge in [-0.15, -0.1) is 0 Å².